The summed E-state index contributed by atoms with van der Waals surface area (Å²) < 4.78 is 5.33. The predicted molar refractivity (Wildman–Crippen MR) is 72.3 cm³/mol. The van der Waals surface area contributed by atoms with Crippen LogP contribution in [0.15, 0.2) is 47.1 Å². The zero-order chi connectivity index (χ0) is 12.8. The van der Waals surface area contributed by atoms with Crippen LogP contribution in [0.3, 0.4) is 0 Å². The van der Waals surface area contributed by atoms with Gasteiger partial charge in [0.15, 0.2) is 0 Å². The number of amides is 1. The van der Waals surface area contributed by atoms with E-state index >= 15 is 0 Å². The molecule has 3 heteroatoms. The van der Waals surface area contributed by atoms with Crippen LogP contribution in [-0.4, -0.2) is 5.91 Å². The molecule has 2 rings (SSSR count). The monoisotopic (exact) mass is 243 g/mol. The summed E-state index contributed by atoms with van der Waals surface area (Å²) in [7, 11) is 0. The predicted octanol–water partition coefficient (Wildman–Crippen LogP) is 4.08. The summed E-state index contributed by atoms with van der Waals surface area (Å²) in [5, 5.41) is 2.90. The highest BCUT2D eigenvalue weighted by Gasteiger charge is 2.04. The summed E-state index contributed by atoms with van der Waals surface area (Å²) >= 11 is 0. The van der Waals surface area contributed by atoms with Crippen LogP contribution in [0.25, 0.3) is 11.3 Å². The molecule has 0 aliphatic rings. The number of benzene rings is 1. The minimum Gasteiger partial charge on any atom is -0.464 e. The normalized spacial score (nSPS) is 10.3. The zero-order valence-electron chi connectivity index (χ0n) is 10.5. The van der Waals surface area contributed by atoms with Gasteiger partial charge in [0.05, 0.1) is 6.26 Å². The van der Waals surface area contributed by atoms with Crippen molar-refractivity contribution in [3.63, 3.8) is 0 Å². The molecule has 2 aromatic rings. The lowest BCUT2D eigenvalue weighted by Crippen LogP contribution is -2.10. The van der Waals surface area contributed by atoms with E-state index in [4.69, 9.17) is 4.42 Å². The van der Waals surface area contributed by atoms with Crippen molar-refractivity contribution >= 4 is 11.6 Å². The Balaban J connectivity index is 2.06. The second kappa shape index (κ2) is 6.05. The van der Waals surface area contributed by atoms with E-state index in [2.05, 4.69) is 12.2 Å². The molecule has 3 nitrogen and oxygen atoms in total. The van der Waals surface area contributed by atoms with Crippen molar-refractivity contribution in [2.24, 2.45) is 0 Å². The molecule has 94 valence electrons. The third kappa shape index (κ3) is 3.23. The second-order valence-corrected chi connectivity index (χ2v) is 4.21. The minimum atomic E-state index is 0.0634. The maximum absolute atomic E-state index is 11.6. The SMILES string of the molecule is CCCCC(=O)Nc1cccc(-c2ccco2)c1. The highest BCUT2D eigenvalue weighted by atomic mass is 16.3. The van der Waals surface area contributed by atoms with Crippen LogP contribution in [0, 0.1) is 0 Å². The van der Waals surface area contributed by atoms with Crippen LogP contribution in [0.2, 0.25) is 0 Å². The van der Waals surface area contributed by atoms with E-state index < -0.39 is 0 Å². The number of rotatable bonds is 5. The molecule has 0 aliphatic carbocycles. The molecular weight excluding hydrogens is 226 g/mol. The van der Waals surface area contributed by atoms with E-state index in [1.807, 2.05) is 36.4 Å². The Kier molecular flexibility index (Phi) is 4.18. The van der Waals surface area contributed by atoms with Gasteiger partial charge in [-0.1, -0.05) is 25.5 Å². The Morgan fingerprint density at radius 1 is 1.28 bits per heavy atom. The fourth-order valence-corrected chi connectivity index (χ4v) is 1.75. The molecule has 0 saturated carbocycles. The quantitative estimate of drug-likeness (QED) is 0.859. The Bertz CT molecular complexity index is 503. The van der Waals surface area contributed by atoms with E-state index in [0.717, 1.165) is 29.9 Å². The molecule has 0 fully saturated rings. The van der Waals surface area contributed by atoms with Crippen LogP contribution in [0.5, 0.6) is 0 Å². The third-order valence-corrected chi connectivity index (χ3v) is 2.71. The van der Waals surface area contributed by atoms with Crippen molar-refractivity contribution < 1.29 is 9.21 Å². The maximum atomic E-state index is 11.6. The largest absolute Gasteiger partial charge is 0.464 e. The van der Waals surface area contributed by atoms with Gasteiger partial charge in [-0.3, -0.25) is 4.79 Å². The highest BCUT2D eigenvalue weighted by Crippen LogP contribution is 2.23. The molecule has 0 bridgehead atoms. The van der Waals surface area contributed by atoms with Crippen LogP contribution in [-0.2, 0) is 4.79 Å². The van der Waals surface area contributed by atoms with Crippen LogP contribution >= 0.6 is 0 Å². The molecule has 1 aromatic heterocycles. The fourth-order valence-electron chi connectivity index (χ4n) is 1.75. The summed E-state index contributed by atoms with van der Waals surface area (Å²) in [5.41, 5.74) is 1.78. The number of nitrogens with one attached hydrogen (secondary N) is 1. The number of carbonyl (C=O) groups is 1. The van der Waals surface area contributed by atoms with E-state index in [1.165, 1.54) is 0 Å². The van der Waals surface area contributed by atoms with Gasteiger partial charge in [-0.05, 0) is 30.7 Å². The number of hydrogen-bond donors (Lipinski definition) is 1. The van der Waals surface area contributed by atoms with Crippen molar-refractivity contribution in [1.82, 2.24) is 0 Å². The van der Waals surface area contributed by atoms with E-state index in [-0.39, 0.29) is 5.91 Å². The Hall–Kier alpha value is -2.03. The van der Waals surface area contributed by atoms with Gasteiger partial charge in [-0.15, -0.1) is 0 Å². The lowest BCUT2D eigenvalue weighted by Gasteiger charge is -2.06. The number of hydrogen-bond acceptors (Lipinski definition) is 2. The van der Waals surface area contributed by atoms with Gasteiger partial charge in [0.2, 0.25) is 5.91 Å². The van der Waals surface area contributed by atoms with E-state index in [0.29, 0.717) is 6.42 Å². The third-order valence-electron chi connectivity index (χ3n) is 2.71. The lowest BCUT2D eigenvalue weighted by molar-refractivity contribution is -0.116. The Morgan fingerprint density at radius 2 is 2.17 bits per heavy atom. The molecule has 1 amide bonds. The van der Waals surface area contributed by atoms with Crippen molar-refractivity contribution in [3.05, 3.63) is 42.7 Å². The Morgan fingerprint density at radius 3 is 2.89 bits per heavy atom. The number of unbranched alkanes of at least 4 members (excludes halogenated alkanes) is 1. The van der Waals surface area contributed by atoms with Gasteiger partial charge in [-0.2, -0.15) is 0 Å². The van der Waals surface area contributed by atoms with Crippen LogP contribution in [0.4, 0.5) is 5.69 Å². The number of furan rings is 1. The summed E-state index contributed by atoms with van der Waals surface area (Å²) in [6.07, 6.45) is 4.16. The molecule has 0 radical (unpaired) electrons. The van der Waals surface area contributed by atoms with E-state index in [9.17, 15) is 4.79 Å². The van der Waals surface area contributed by atoms with Crippen molar-refractivity contribution in [1.29, 1.82) is 0 Å². The van der Waals surface area contributed by atoms with Gasteiger partial charge in [0, 0.05) is 17.7 Å². The standard InChI is InChI=1S/C15H17NO2/c1-2-3-9-15(17)16-13-7-4-6-12(11-13)14-8-5-10-18-14/h4-8,10-11H,2-3,9H2,1H3,(H,16,17). The average molecular weight is 243 g/mol. The topological polar surface area (TPSA) is 42.2 Å². The molecule has 0 aliphatic heterocycles. The molecule has 18 heavy (non-hydrogen) atoms. The average Bonchev–Trinajstić information content (AvgIpc) is 2.90. The van der Waals surface area contributed by atoms with Gasteiger partial charge in [0.25, 0.3) is 0 Å². The second-order valence-electron chi connectivity index (χ2n) is 4.21. The first kappa shape index (κ1) is 12.4. The smallest absolute Gasteiger partial charge is 0.224 e. The number of carbonyl (C=O) groups excluding carboxylic acids is 1. The van der Waals surface area contributed by atoms with Crippen molar-refractivity contribution in [3.8, 4) is 11.3 Å². The van der Waals surface area contributed by atoms with Gasteiger partial charge in [0.1, 0.15) is 5.76 Å². The summed E-state index contributed by atoms with van der Waals surface area (Å²) in [5.74, 6) is 0.869. The first-order valence-electron chi connectivity index (χ1n) is 6.23. The first-order chi connectivity index (χ1) is 8.79. The molecule has 1 N–H and O–H groups in total. The molecule has 0 spiro atoms. The molecule has 0 unspecified atom stereocenters. The first-order valence-corrected chi connectivity index (χ1v) is 6.23. The highest BCUT2D eigenvalue weighted by molar-refractivity contribution is 5.91. The fraction of sp³-hybridized carbons (Fsp3) is 0.267. The molecule has 0 atom stereocenters. The molecule has 0 saturated heterocycles. The molecule has 1 aromatic carbocycles. The van der Waals surface area contributed by atoms with E-state index in [1.54, 1.807) is 6.26 Å². The van der Waals surface area contributed by atoms with Gasteiger partial charge >= 0.3 is 0 Å². The summed E-state index contributed by atoms with van der Waals surface area (Å²) in [6, 6.07) is 11.4. The zero-order valence-corrected chi connectivity index (χ0v) is 10.5. The summed E-state index contributed by atoms with van der Waals surface area (Å²) in [6.45, 7) is 2.07. The minimum absolute atomic E-state index is 0.0634. The van der Waals surface area contributed by atoms with Gasteiger partial charge < -0.3 is 9.73 Å². The number of anilines is 1. The van der Waals surface area contributed by atoms with Crippen molar-refractivity contribution in [2.45, 2.75) is 26.2 Å². The molecule has 1 heterocycles. The van der Waals surface area contributed by atoms with Gasteiger partial charge in [-0.25, -0.2) is 0 Å². The van der Waals surface area contributed by atoms with Crippen molar-refractivity contribution in [2.75, 3.05) is 5.32 Å². The van der Waals surface area contributed by atoms with Crippen LogP contribution < -0.4 is 5.32 Å². The Labute approximate surface area is 107 Å². The summed E-state index contributed by atoms with van der Waals surface area (Å²) in [4.78, 5) is 11.6. The molecular formula is C15H17NO2. The maximum Gasteiger partial charge on any atom is 0.224 e. The van der Waals surface area contributed by atoms with Crippen LogP contribution in [0.1, 0.15) is 26.2 Å². The lowest BCUT2D eigenvalue weighted by atomic mass is 10.1.